The molecule has 2 heterocycles. The minimum absolute atomic E-state index is 0.589. The highest BCUT2D eigenvalue weighted by molar-refractivity contribution is 14.1. The highest BCUT2D eigenvalue weighted by Gasteiger charge is 2.14. The fraction of sp³-hybridized carbons (Fsp3) is 0.429. The molecule has 2 aromatic heterocycles. The molecule has 0 aliphatic heterocycles. The van der Waals surface area contributed by atoms with Crippen molar-refractivity contribution in [3.05, 3.63) is 26.3 Å². The average Bonchev–Trinajstić information content (AvgIpc) is 2.78. The van der Waals surface area contributed by atoms with Crippen LogP contribution in [0.25, 0.3) is 10.7 Å². The number of rotatable bonds is 4. The number of aromatic nitrogens is 2. The summed E-state index contributed by atoms with van der Waals surface area (Å²) >= 11 is 4.07. The molecule has 0 spiro atoms. The van der Waals surface area contributed by atoms with Crippen molar-refractivity contribution in [2.45, 2.75) is 27.2 Å². The number of thiophene rings is 1. The average molecular weight is 387 g/mol. The van der Waals surface area contributed by atoms with Gasteiger partial charge < -0.3 is 5.32 Å². The number of anilines is 1. The van der Waals surface area contributed by atoms with E-state index in [0.717, 1.165) is 32.2 Å². The first kappa shape index (κ1) is 14.7. The molecular weight excluding hydrogens is 369 g/mol. The summed E-state index contributed by atoms with van der Waals surface area (Å²) in [7, 11) is 1.91. The van der Waals surface area contributed by atoms with Gasteiger partial charge >= 0.3 is 0 Å². The van der Waals surface area contributed by atoms with Gasteiger partial charge in [-0.25, -0.2) is 9.97 Å². The lowest BCUT2D eigenvalue weighted by Gasteiger charge is -2.12. The first-order chi connectivity index (χ1) is 9.01. The molecule has 0 fully saturated rings. The second-order valence-electron chi connectivity index (χ2n) is 4.91. The molecule has 0 aliphatic rings. The van der Waals surface area contributed by atoms with E-state index in [1.807, 2.05) is 7.05 Å². The van der Waals surface area contributed by atoms with Gasteiger partial charge in [-0.15, -0.1) is 11.3 Å². The molecule has 0 amide bonds. The van der Waals surface area contributed by atoms with E-state index in [2.05, 4.69) is 65.8 Å². The third-order valence-electron chi connectivity index (χ3n) is 2.72. The van der Waals surface area contributed by atoms with E-state index in [0.29, 0.717) is 5.92 Å². The smallest absolute Gasteiger partial charge is 0.171 e. The van der Waals surface area contributed by atoms with Gasteiger partial charge in [0.25, 0.3) is 0 Å². The molecule has 0 saturated carbocycles. The van der Waals surface area contributed by atoms with Gasteiger partial charge in [0.2, 0.25) is 0 Å². The molecule has 0 radical (unpaired) electrons. The summed E-state index contributed by atoms with van der Waals surface area (Å²) in [5.41, 5.74) is 1.14. The van der Waals surface area contributed by atoms with E-state index in [9.17, 15) is 0 Å². The summed E-state index contributed by atoms with van der Waals surface area (Å²) < 4.78 is 1.13. The molecule has 102 valence electrons. The zero-order valence-electron chi connectivity index (χ0n) is 11.6. The minimum atomic E-state index is 0.589. The van der Waals surface area contributed by atoms with Crippen LogP contribution in [0.2, 0.25) is 0 Å². The number of nitrogens with one attached hydrogen (secondary N) is 1. The van der Waals surface area contributed by atoms with E-state index in [1.165, 1.54) is 4.88 Å². The van der Waals surface area contributed by atoms with E-state index in [4.69, 9.17) is 4.98 Å². The minimum Gasteiger partial charge on any atom is -0.372 e. The van der Waals surface area contributed by atoms with Gasteiger partial charge in [-0.05, 0) is 54.0 Å². The first-order valence-corrected chi connectivity index (χ1v) is 8.21. The van der Waals surface area contributed by atoms with E-state index in [1.54, 1.807) is 11.3 Å². The van der Waals surface area contributed by atoms with Gasteiger partial charge in [0.05, 0.1) is 14.1 Å². The SMILES string of the molecule is CNc1nc(-c2ccc(C)s2)nc(CC(C)C)c1I. The molecule has 0 aliphatic carbocycles. The van der Waals surface area contributed by atoms with Crippen LogP contribution in [-0.4, -0.2) is 17.0 Å². The zero-order chi connectivity index (χ0) is 14.0. The van der Waals surface area contributed by atoms with Crippen molar-refractivity contribution in [1.82, 2.24) is 9.97 Å². The topological polar surface area (TPSA) is 37.8 Å². The monoisotopic (exact) mass is 387 g/mol. The molecule has 5 heteroatoms. The molecule has 19 heavy (non-hydrogen) atoms. The van der Waals surface area contributed by atoms with Crippen LogP contribution in [0.5, 0.6) is 0 Å². The lowest BCUT2D eigenvalue weighted by atomic mass is 10.1. The van der Waals surface area contributed by atoms with Gasteiger partial charge in [-0.1, -0.05) is 13.8 Å². The Labute approximate surface area is 132 Å². The predicted octanol–water partition coefficient (Wildman–Crippen LogP) is 4.36. The molecule has 3 nitrogen and oxygen atoms in total. The van der Waals surface area contributed by atoms with Crippen molar-refractivity contribution in [1.29, 1.82) is 0 Å². The van der Waals surface area contributed by atoms with Crippen LogP contribution in [0.15, 0.2) is 12.1 Å². The fourth-order valence-corrected chi connectivity index (χ4v) is 3.38. The first-order valence-electron chi connectivity index (χ1n) is 6.32. The van der Waals surface area contributed by atoms with Crippen molar-refractivity contribution in [3.63, 3.8) is 0 Å². The summed E-state index contributed by atoms with van der Waals surface area (Å²) in [5, 5.41) is 3.17. The van der Waals surface area contributed by atoms with Crippen LogP contribution < -0.4 is 5.32 Å². The summed E-state index contributed by atoms with van der Waals surface area (Å²) in [4.78, 5) is 11.8. The Kier molecular flexibility index (Phi) is 4.78. The van der Waals surface area contributed by atoms with Gasteiger partial charge in [-0.3, -0.25) is 0 Å². The number of aryl methyl sites for hydroxylation is 1. The van der Waals surface area contributed by atoms with Crippen LogP contribution in [0, 0.1) is 16.4 Å². The van der Waals surface area contributed by atoms with E-state index in [-0.39, 0.29) is 0 Å². The highest BCUT2D eigenvalue weighted by Crippen LogP contribution is 2.29. The Balaban J connectivity index is 2.50. The number of nitrogens with zero attached hydrogens (tertiary/aromatic N) is 2. The second-order valence-corrected chi connectivity index (χ2v) is 7.28. The van der Waals surface area contributed by atoms with Crippen LogP contribution in [0.1, 0.15) is 24.4 Å². The summed E-state index contributed by atoms with van der Waals surface area (Å²) in [6, 6.07) is 4.21. The molecule has 2 aromatic rings. The van der Waals surface area contributed by atoms with Crippen molar-refractivity contribution in [2.24, 2.45) is 5.92 Å². The zero-order valence-corrected chi connectivity index (χ0v) is 14.6. The maximum atomic E-state index is 4.76. The largest absolute Gasteiger partial charge is 0.372 e. The van der Waals surface area contributed by atoms with E-state index >= 15 is 0 Å². The summed E-state index contributed by atoms with van der Waals surface area (Å²) in [5.74, 6) is 2.34. The molecule has 0 aromatic carbocycles. The third kappa shape index (κ3) is 3.45. The normalized spacial score (nSPS) is 11.1. The van der Waals surface area contributed by atoms with E-state index < -0.39 is 0 Å². The molecular formula is C14H18IN3S. The fourth-order valence-electron chi connectivity index (χ4n) is 1.85. The Morgan fingerprint density at radius 3 is 2.58 bits per heavy atom. The van der Waals surface area contributed by atoms with Crippen molar-refractivity contribution >= 4 is 39.7 Å². The number of halogens is 1. The molecule has 0 atom stereocenters. The van der Waals surface area contributed by atoms with Crippen molar-refractivity contribution in [2.75, 3.05) is 12.4 Å². The van der Waals surface area contributed by atoms with Gasteiger partial charge in [0, 0.05) is 11.9 Å². The van der Waals surface area contributed by atoms with Crippen molar-refractivity contribution in [3.8, 4) is 10.7 Å². The van der Waals surface area contributed by atoms with Crippen LogP contribution in [-0.2, 0) is 6.42 Å². The molecule has 1 N–H and O–H groups in total. The predicted molar refractivity (Wildman–Crippen MR) is 90.9 cm³/mol. The third-order valence-corrected chi connectivity index (χ3v) is 4.85. The van der Waals surface area contributed by atoms with Crippen LogP contribution >= 0.6 is 33.9 Å². The standard InChI is InChI=1S/C14H18IN3S/c1-8(2)7-10-12(15)14(16-4)18-13(17-10)11-6-5-9(3)19-11/h5-6,8H,7H2,1-4H3,(H,16,17,18). The molecule has 0 saturated heterocycles. The Morgan fingerprint density at radius 2 is 2.05 bits per heavy atom. The Morgan fingerprint density at radius 1 is 1.32 bits per heavy atom. The van der Waals surface area contributed by atoms with Crippen LogP contribution in [0.4, 0.5) is 5.82 Å². The number of hydrogen-bond acceptors (Lipinski definition) is 4. The number of hydrogen-bond donors (Lipinski definition) is 1. The lowest BCUT2D eigenvalue weighted by molar-refractivity contribution is 0.632. The second kappa shape index (κ2) is 6.17. The van der Waals surface area contributed by atoms with Gasteiger partial charge in [0.1, 0.15) is 5.82 Å². The molecule has 2 rings (SSSR count). The van der Waals surface area contributed by atoms with Crippen LogP contribution in [0.3, 0.4) is 0 Å². The summed E-state index contributed by atoms with van der Waals surface area (Å²) in [6.07, 6.45) is 0.979. The summed E-state index contributed by atoms with van der Waals surface area (Å²) in [6.45, 7) is 6.53. The Hall–Kier alpha value is -0.690. The quantitative estimate of drug-likeness (QED) is 0.793. The van der Waals surface area contributed by atoms with Gasteiger partial charge in [-0.2, -0.15) is 0 Å². The lowest BCUT2D eigenvalue weighted by Crippen LogP contribution is -2.07. The van der Waals surface area contributed by atoms with Gasteiger partial charge in [0.15, 0.2) is 5.82 Å². The molecule has 0 bridgehead atoms. The Bertz CT molecular complexity index is 578. The maximum Gasteiger partial charge on any atom is 0.171 e. The maximum absolute atomic E-state index is 4.76. The van der Waals surface area contributed by atoms with Crippen molar-refractivity contribution < 1.29 is 0 Å². The molecule has 0 unspecified atom stereocenters. The highest BCUT2D eigenvalue weighted by atomic mass is 127.